The van der Waals surface area contributed by atoms with Crippen LogP contribution in [0, 0.1) is 6.92 Å². The molecule has 1 heterocycles. The van der Waals surface area contributed by atoms with Gasteiger partial charge >= 0.3 is 6.18 Å². The number of hydrogen-bond donors (Lipinski definition) is 2. The summed E-state index contributed by atoms with van der Waals surface area (Å²) in [5, 5.41) is 2.98. The van der Waals surface area contributed by atoms with Crippen LogP contribution in [0.15, 0.2) is 18.2 Å². The van der Waals surface area contributed by atoms with E-state index in [1.807, 2.05) is 0 Å². The van der Waals surface area contributed by atoms with E-state index in [1.54, 1.807) is 6.07 Å². The summed E-state index contributed by atoms with van der Waals surface area (Å²) in [5.41, 5.74) is 5.58. The van der Waals surface area contributed by atoms with E-state index in [-0.39, 0.29) is 5.56 Å². The third kappa shape index (κ3) is 1.70. The van der Waals surface area contributed by atoms with Gasteiger partial charge in [-0.3, -0.25) is 0 Å². The molecule has 0 amide bonds. The van der Waals surface area contributed by atoms with Crippen molar-refractivity contribution in [3.63, 3.8) is 0 Å². The second-order valence-corrected chi connectivity index (χ2v) is 4.24. The number of nitrogens with one attached hydrogen (secondary N) is 1. The molecule has 0 atom stereocenters. The number of hydrogen-bond acceptors (Lipinski definition) is 2. The SMILES string of the molecule is Cc1c(C(F)(F)F)cccc1C1(N)CNC1. The molecule has 0 unspecified atom stereocenters. The van der Waals surface area contributed by atoms with E-state index in [1.165, 1.54) is 13.0 Å². The fraction of sp³-hybridized carbons (Fsp3) is 0.455. The Kier molecular flexibility index (Phi) is 2.47. The Balaban J connectivity index is 2.49. The smallest absolute Gasteiger partial charge is 0.319 e. The first kappa shape index (κ1) is 11.4. The summed E-state index contributed by atoms with van der Waals surface area (Å²) in [5.74, 6) is 0. The van der Waals surface area contributed by atoms with Gasteiger partial charge in [-0.05, 0) is 24.1 Å². The minimum absolute atomic E-state index is 0.235. The van der Waals surface area contributed by atoms with Gasteiger partial charge in [0.2, 0.25) is 0 Å². The topological polar surface area (TPSA) is 38.0 Å². The highest BCUT2D eigenvalue weighted by Gasteiger charge is 2.39. The molecule has 1 aliphatic heterocycles. The molecule has 0 radical (unpaired) electrons. The Bertz CT molecular complexity index is 408. The fourth-order valence-electron chi connectivity index (χ4n) is 2.07. The summed E-state index contributed by atoms with van der Waals surface area (Å²) in [6.07, 6.45) is -4.31. The molecule has 1 aliphatic rings. The number of alkyl halides is 3. The number of halogens is 3. The molecule has 1 fully saturated rings. The first-order valence-corrected chi connectivity index (χ1v) is 5.01. The maximum Gasteiger partial charge on any atom is 0.416 e. The van der Waals surface area contributed by atoms with Crippen LogP contribution >= 0.6 is 0 Å². The van der Waals surface area contributed by atoms with Crippen molar-refractivity contribution in [2.24, 2.45) is 5.73 Å². The Labute approximate surface area is 91.6 Å². The summed E-state index contributed by atoms with van der Waals surface area (Å²) >= 11 is 0. The largest absolute Gasteiger partial charge is 0.416 e. The lowest BCUT2D eigenvalue weighted by Gasteiger charge is -2.40. The second kappa shape index (κ2) is 3.46. The van der Waals surface area contributed by atoms with Crippen LogP contribution in [0.2, 0.25) is 0 Å². The average molecular weight is 230 g/mol. The van der Waals surface area contributed by atoms with Crippen LogP contribution in [0.1, 0.15) is 16.7 Å². The van der Waals surface area contributed by atoms with Crippen LogP contribution in [0.4, 0.5) is 13.2 Å². The summed E-state index contributed by atoms with van der Waals surface area (Å²) in [6.45, 7) is 2.52. The molecule has 1 saturated heterocycles. The minimum Gasteiger partial charge on any atom is -0.319 e. The molecule has 1 aromatic rings. The number of rotatable bonds is 1. The van der Waals surface area contributed by atoms with E-state index < -0.39 is 17.3 Å². The van der Waals surface area contributed by atoms with Gasteiger partial charge in [-0.25, -0.2) is 0 Å². The predicted octanol–water partition coefficient (Wildman–Crippen LogP) is 1.77. The number of nitrogens with two attached hydrogens (primary N) is 1. The first-order valence-electron chi connectivity index (χ1n) is 5.01. The van der Waals surface area contributed by atoms with Crippen LogP contribution in [0.25, 0.3) is 0 Å². The summed E-state index contributed by atoms with van der Waals surface area (Å²) in [7, 11) is 0. The standard InChI is InChI=1S/C11H13F3N2/c1-7-8(10(15)5-16-6-10)3-2-4-9(7)11(12,13)14/h2-4,16H,5-6,15H2,1H3. The van der Waals surface area contributed by atoms with Crippen molar-refractivity contribution < 1.29 is 13.2 Å². The molecule has 0 spiro atoms. The van der Waals surface area contributed by atoms with Crippen LogP contribution < -0.4 is 11.1 Å². The Hall–Kier alpha value is -1.07. The Morgan fingerprint density at radius 1 is 1.31 bits per heavy atom. The molecule has 5 heteroatoms. The summed E-state index contributed by atoms with van der Waals surface area (Å²) < 4.78 is 38.0. The van der Waals surface area contributed by atoms with E-state index in [4.69, 9.17) is 5.73 Å². The lowest BCUT2D eigenvalue weighted by molar-refractivity contribution is -0.138. The monoisotopic (exact) mass is 230 g/mol. The molecule has 1 aromatic carbocycles. The van der Waals surface area contributed by atoms with Gasteiger partial charge in [-0.15, -0.1) is 0 Å². The fourth-order valence-corrected chi connectivity index (χ4v) is 2.07. The van der Waals surface area contributed by atoms with Crippen LogP contribution in [0.5, 0.6) is 0 Å². The lowest BCUT2D eigenvalue weighted by Crippen LogP contribution is -2.63. The normalized spacial score (nSPS) is 19.3. The maximum atomic E-state index is 12.7. The van der Waals surface area contributed by atoms with Gasteiger partial charge in [0.05, 0.1) is 11.1 Å². The molecule has 0 aliphatic carbocycles. The van der Waals surface area contributed by atoms with Gasteiger partial charge in [-0.1, -0.05) is 12.1 Å². The highest BCUT2D eigenvalue weighted by molar-refractivity contribution is 5.41. The summed E-state index contributed by atoms with van der Waals surface area (Å²) in [6, 6.07) is 4.18. The zero-order chi connectivity index (χ0) is 12.0. The van der Waals surface area contributed by atoms with Gasteiger partial charge in [0.25, 0.3) is 0 Å². The van der Waals surface area contributed by atoms with Crippen molar-refractivity contribution >= 4 is 0 Å². The van der Waals surface area contributed by atoms with E-state index in [0.717, 1.165) is 6.07 Å². The third-order valence-electron chi connectivity index (χ3n) is 3.06. The molecule has 3 N–H and O–H groups in total. The zero-order valence-corrected chi connectivity index (χ0v) is 8.86. The maximum absolute atomic E-state index is 12.7. The average Bonchev–Trinajstić information content (AvgIpc) is 2.13. The van der Waals surface area contributed by atoms with Crippen LogP contribution in [0.3, 0.4) is 0 Å². The highest BCUT2D eigenvalue weighted by atomic mass is 19.4. The van der Waals surface area contributed by atoms with Crippen molar-refractivity contribution in [1.29, 1.82) is 0 Å². The number of benzene rings is 1. The van der Waals surface area contributed by atoms with Crippen molar-refractivity contribution in [2.45, 2.75) is 18.6 Å². The van der Waals surface area contributed by atoms with E-state index in [9.17, 15) is 13.2 Å². The molecule has 2 rings (SSSR count). The minimum atomic E-state index is -4.31. The molecule has 2 nitrogen and oxygen atoms in total. The molecule has 88 valence electrons. The highest BCUT2D eigenvalue weighted by Crippen LogP contribution is 2.36. The molecule has 0 aromatic heterocycles. The molecule has 16 heavy (non-hydrogen) atoms. The van der Waals surface area contributed by atoms with E-state index >= 15 is 0 Å². The van der Waals surface area contributed by atoms with Crippen molar-refractivity contribution in [2.75, 3.05) is 13.1 Å². The van der Waals surface area contributed by atoms with Gasteiger partial charge < -0.3 is 11.1 Å². The quantitative estimate of drug-likeness (QED) is 0.771. The zero-order valence-electron chi connectivity index (χ0n) is 8.86. The van der Waals surface area contributed by atoms with E-state index in [0.29, 0.717) is 18.7 Å². The predicted molar refractivity (Wildman–Crippen MR) is 54.9 cm³/mol. The lowest BCUT2D eigenvalue weighted by atomic mass is 9.81. The third-order valence-corrected chi connectivity index (χ3v) is 3.06. The molecular weight excluding hydrogens is 217 g/mol. The Morgan fingerprint density at radius 3 is 2.38 bits per heavy atom. The molecule has 0 bridgehead atoms. The van der Waals surface area contributed by atoms with E-state index in [2.05, 4.69) is 5.32 Å². The Morgan fingerprint density at radius 2 is 1.94 bits per heavy atom. The second-order valence-electron chi connectivity index (χ2n) is 4.24. The van der Waals surface area contributed by atoms with Crippen molar-refractivity contribution in [3.05, 3.63) is 34.9 Å². The summed E-state index contributed by atoms with van der Waals surface area (Å²) in [4.78, 5) is 0. The van der Waals surface area contributed by atoms with Gasteiger partial charge in [-0.2, -0.15) is 13.2 Å². The van der Waals surface area contributed by atoms with Gasteiger partial charge in [0, 0.05) is 13.1 Å². The van der Waals surface area contributed by atoms with Crippen LogP contribution in [-0.2, 0) is 11.7 Å². The molecule has 0 saturated carbocycles. The van der Waals surface area contributed by atoms with Crippen molar-refractivity contribution in [3.8, 4) is 0 Å². The van der Waals surface area contributed by atoms with Crippen LogP contribution in [-0.4, -0.2) is 13.1 Å². The van der Waals surface area contributed by atoms with Crippen molar-refractivity contribution in [1.82, 2.24) is 5.32 Å². The van der Waals surface area contributed by atoms with Gasteiger partial charge in [0.1, 0.15) is 0 Å². The molecular formula is C11H13F3N2. The van der Waals surface area contributed by atoms with Gasteiger partial charge in [0.15, 0.2) is 0 Å². The first-order chi connectivity index (χ1) is 7.34.